The number of aryl methyl sites for hydroxylation is 2. The van der Waals surface area contributed by atoms with Gasteiger partial charge in [-0.25, -0.2) is 0 Å². The number of likely N-dealkylation sites (tertiary alicyclic amines) is 1. The van der Waals surface area contributed by atoms with Crippen LogP contribution in [-0.4, -0.2) is 51.3 Å². The van der Waals surface area contributed by atoms with Crippen LogP contribution < -0.4 is 14.8 Å². The highest BCUT2D eigenvalue weighted by Gasteiger charge is 2.20. The zero-order valence-corrected chi connectivity index (χ0v) is 25.0. The van der Waals surface area contributed by atoms with Gasteiger partial charge in [-0.05, 0) is 145 Å². The van der Waals surface area contributed by atoms with E-state index in [1.807, 2.05) is 6.92 Å². The Morgan fingerprint density at radius 2 is 1.85 bits per heavy atom. The summed E-state index contributed by atoms with van der Waals surface area (Å²) in [5, 5.41) is 3.42. The van der Waals surface area contributed by atoms with E-state index in [0.29, 0.717) is 0 Å². The number of unbranched alkanes of at least 4 members (excludes halogenated alkanes) is 1. The minimum atomic E-state index is 0.237. The largest absolute Gasteiger partial charge is 0.493 e. The van der Waals surface area contributed by atoms with Crippen LogP contribution in [0.2, 0.25) is 0 Å². The van der Waals surface area contributed by atoms with E-state index in [-0.39, 0.29) is 6.10 Å². The van der Waals surface area contributed by atoms with Gasteiger partial charge in [0.15, 0.2) is 11.5 Å². The van der Waals surface area contributed by atoms with Crippen molar-refractivity contribution in [3.63, 3.8) is 0 Å². The van der Waals surface area contributed by atoms with Crippen molar-refractivity contribution in [1.82, 2.24) is 10.2 Å². The van der Waals surface area contributed by atoms with Gasteiger partial charge in [-0.15, -0.1) is 0 Å². The first-order chi connectivity index (χ1) is 19.0. The van der Waals surface area contributed by atoms with Gasteiger partial charge in [0.05, 0.1) is 7.11 Å². The van der Waals surface area contributed by atoms with Gasteiger partial charge in [-0.3, -0.25) is 0 Å². The van der Waals surface area contributed by atoms with Gasteiger partial charge < -0.3 is 24.1 Å². The number of nitrogens with one attached hydrogen (secondary N) is 1. The monoisotopic (exact) mass is 534 g/mol. The van der Waals surface area contributed by atoms with E-state index in [0.717, 1.165) is 74.1 Å². The molecule has 0 aliphatic carbocycles. The fourth-order valence-electron chi connectivity index (χ4n) is 5.88. The Kier molecular flexibility index (Phi) is 11.2. The summed E-state index contributed by atoms with van der Waals surface area (Å²) in [6.45, 7) is 10.9. The average molecular weight is 535 g/mol. The minimum Gasteiger partial charge on any atom is -0.493 e. The molecule has 0 radical (unpaired) electrons. The van der Waals surface area contributed by atoms with Crippen LogP contribution in [0.1, 0.15) is 87.4 Å². The summed E-state index contributed by atoms with van der Waals surface area (Å²) in [5.41, 5.74) is 5.01. The lowest BCUT2D eigenvalue weighted by Crippen LogP contribution is -2.34. The Balaban J connectivity index is 1.63. The molecule has 5 heteroatoms. The van der Waals surface area contributed by atoms with Crippen molar-refractivity contribution < 1.29 is 13.9 Å². The first-order valence-electron chi connectivity index (χ1n) is 15.2. The van der Waals surface area contributed by atoms with Gasteiger partial charge in [0.25, 0.3) is 0 Å². The third-order valence-electron chi connectivity index (χ3n) is 8.34. The third-order valence-corrected chi connectivity index (χ3v) is 8.34. The van der Waals surface area contributed by atoms with Gasteiger partial charge >= 0.3 is 0 Å². The summed E-state index contributed by atoms with van der Waals surface area (Å²) < 4.78 is 18.4. The highest BCUT2D eigenvalue weighted by atomic mass is 16.5. The predicted octanol–water partition coefficient (Wildman–Crippen LogP) is 7.82. The number of methoxy groups -OCH3 is 1. The molecule has 3 heterocycles. The Morgan fingerprint density at radius 1 is 1.08 bits per heavy atom. The molecule has 5 nitrogen and oxygen atoms in total. The van der Waals surface area contributed by atoms with Gasteiger partial charge in [-0.2, -0.15) is 0 Å². The molecule has 0 saturated carbocycles. The second kappa shape index (κ2) is 14.8. The maximum atomic E-state index is 6.45. The standard InChI is InChI=1S/C34H50N2O3/c1-6-7-10-29(32-13-12-26(3)38-32)23-28(11-8-9-27-16-20-36(4)21-17-27)31-24-33(37-5)34(22-25(31)2)39-30-14-18-35-19-15-30/h10,12-13,22-24,27,30,35H,6-9,11,14-21H2,1-5H3/b28-23-,29-10-. The lowest BCUT2D eigenvalue weighted by atomic mass is 9.88. The molecule has 2 aliphatic rings. The molecule has 0 spiro atoms. The number of allylic oxidation sites excluding steroid dienone is 4. The van der Waals surface area contributed by atoms with Crippen LogP contribution in [0.5, 0.6) is 11.5 Å². The number of rotatable bonds is 12. The Bertz CT molecular complexity index is 1100. The average Bonchev–Trinajstić information content (AvgIpc) is 3.38. The summed E-state index contributed by atoms with van der Waals surface area (Å²) in [6.07, 6.45) is 15.3. The maximum absolute atomic E-state index is 6.45. The number of piperidine rings is 2. The van der Waals surface area contributed by atoms with Crippen molar-refractivity contribution in [2.24, 2.45) is 5.92 Å². The second-order valence-corrected chi connectivity index (χ2v) is 11.6. The fourth-order valence-corrected chi connectivity index (χ4v) is 5.88. The van der Waals surface area contributed by atoms with Crippen molar-refractivity contribution >= 4 is 11.1 Å². The predicted molar refractivity (Wildman–Crippen MR) is 163 cm³/mol. The molecule has 39 heavy (non-hydrogen) atoms. The van der Waals surface area contributed by atoms with E-state index >= 15 is 0 Å². The molecule has 1 aromatic heterocycles. The van der Waals surface area contributed by atoms with Crippen LogP contribution >= 0.6 is 0 Å². The molecular weight excluding hydrogens is 484 g/mol. The number of benzene rings is 1. The van der Waals surface area contributed by atoms with Crippen LogP contribution in [0.3, 0.4) is 0 Å². The van der Waals surface area contributed by atoms with Crippen LogP contribution in [0.15, 0.2) is 40.8 Å². The number of hydrogen-bond acceptors (Lipinski definition) is 5. The summed E-state index contributed by atoms with van der Waals surface area (Å²) in [5.74, 6) is 4.41. The minimum absolute atomic E-state index is 0.237. The number of furan rings is 1. The molecular formula is C34H50N2O3. The van der Waals surface area contributed by atoms with E-state index in [9.17, 15) is 0 Å². The second-order valence-electron chi connectivity index (χ2n) is 11.6. The van der Waals surface area contributed by atoms with Crippen molar-refractivity contribution in [2.75, 3.05) is 40.3 Å². The van der Waals surface area contributed by atoms with Crippen molar-refractivity contribution in [1.29, 1.82) is 0 Å². The van der Waals surface area contributed by atoms with Crippen molar-refractivity contribution in [2.45, 2.75) is 84.7 Å². The summed E-state index contributed by atoms with van der Waals surface area (Å²) in [4.78, 5) is 2.46. The maximum Gasteiger partial charge on any atom is 0.161 e. The van der Waals surface area contributed by atoms with E-state index in [2.05, 4.69) is 67.5 Å². The Labute approximate surface area is 236 Å². The lowest BCUT2D eigenvalue weighted by Gasteiger charge is -2.29. The third kappa shape index (κ3) is 8.49. The van der Waals surface area contributed by atoms with Gasteiger partial charge in [0.2, 0.25) is 0 Å². The molecule has 2 fully saturated rings. The Hall–Kier alpha value is -2.50. The molecule has 2 aromatic rings. The highest BCUT2D eigenvalue weighted by molar-refractivity contribution is 5.84. The molecule has 4 rings (SSSR count). The van der Waals surface area contributed by atoms with Gasteiger partial charge in [0, 0.05) is 5.57 Å². The smallest absolute Gasteiger partial charge is 0.161 e. The quantitative estimate of drug-likeness (QED) is 0.281. The Morgan fingerprint density at radius 3 is 2.51 bits per heavy atom. The zero-order valence-electron chi connectivity index (χ0n) is 25.0. The molecule has 1 aromatic carbocycles. The van der Waals surface area contributed by atoms with Crippen molar-refractivity contribution in [3.05, 3.63) is 59.1 Å². The molecule has 2 aliphatic heterocycles. The van der Waals surface area contributed by atoms with Crippen LogP contribution in [0, 0.1) is 19.8 Å². The number of nitrogens with zero attached hydrogens (tertiary/aromatic N) is 1. The first kappa shape index (κ1) is 29.5. The van der Waals surface area contributed by atoms with E-state index in [1.54, 1.807) is 7.11 Å². The van der Waals surface area contributed by atoms with Crippen LogP contribution in [-0.2, 0) is 0 Å². The van der Waals surface area contributed by atoms with E-state index < -0.39 is 0 Å². The summed E-state index contributed by atoms with van der Waals surface area (Å²) >= 11 is 0. The highest BCUT2D eigenvalue weighted by Crippen LogP contribution is 2.38. The normalized spacial score (nSPS) is 18.5. The fraction of sp³-hybridized carbons (Fsp3) is 0.588. The van der Waals surface area contributed by atoms with Gasteiger partial charge in [-0.1, -0.05) is 25.8 Å². The SMILES string of the molecule is CCC/C=C(/C=C(/CCCC1CCN(C)CC1)c1cc(OC)c(OC2CCNCC2)cc1C)c1ccc(C)o1. The van der Waals surface area contributed by atoms with Crippen LogP contribution in [0.4, 0.5) is 0 Å². The molecule has 0 atom stereocenters. The van der Waals surface area contributed by atoms with Crippen molar-refractivity contribution in [3.8, 4) is 11.5 Å². The summed E-state index contributed by atoms with van der Waals surface area (Å²) in [6, 6.07) is 8.56. The topological polar surface area (TPSA) is 46.9 Å². The molecule has 0 amide bonds. The molecule has 2 saturated heterocycles. The molecule has 0 unspecified atom stereocenters. The molecule has 1 N–H and O–H groups in total. The number of hydrogen-bond donors (Lipinski definition) is 1. The number of ether oxygens (including phenoxy) is 2. The first-order valence-corrected chi connectivity index (χ1v) is 15.2. The zero-order chi connectivity index (χ0) is 27.6. The lowest BCUT2D eigenvalue weighted by molar-refractivity contribution is 0.156. The van der Waals surface area contributed by atoms with Crippen LogP contribution in [0.25, 0.3) is 11.1 Å². The van der Waals surface area contributed by atoms with E-state index in [4.69, 9.17) is 13.9 Å². The van der Waals surface area contributed by atoms with Gasteiger partial charge in [0.1, 0.15) is 17.6 Å². The molecule has 0 bridgehead atoms. The molecule has 214 valence electrons. The van der Waals surface area contributed by atoms with E-state index in [1.165, 1.54) is 61.0 Å². The summed E-state index contributed by atoms with van der Waals surface area (Å²) in [7, 11) is 4.00.